The summed E-state index contributed by atoms with van der Waals surface area (Å²) in [6.45, 7) is 4.24. The molecule has 4 fully saturated rings. The van der Waals surface area contributed by atoms with Gasteiger partial charge < -0.3 is 5.32 Å². The molecular formula is C28H34N4O. The highest BCUT2D eigenvalue weighted by Gasteiger charge is 2.54. The van der Waals surface area contributed by atoms with Crippen molar-refractivity contribution < 1.29 is 4.79 Å². The van der Waals surface area contributed by atoms with Crippen molar-refractivity contribution in [1.29, 1.82) is 0 Å². The number of carbonyl (C=O) groups excluding carboxylic acids is 1. The van der Waals surface area contributed by atoms with E-state index in [2.05, 4.69) is 17.3 Å². The van der Waals surface area contributed by atoms with Gasteiger partial charge in [-0.2, -0.15) is 5.10 Å². The molecule has 4 aliphatic carbocycles. The van der Waals surface area contributed by atoms with Gasteiger partial charge in [-0.3, -0.25) is 9.48 Å². The van der Waals surface area contributed by atoms with Gasteiger partial charge in [-0.15, -0.1) is 0 Å². The minimum absolute atomic E-state index is 0.0407. The number of rotatable bonds is 5. The predicted molar refractivity (Wildman–Crippen MR) is 131 cm³/mol. The lowest BCUT2D eigenvalue weighted by atomic mass is 9.47. The third-order valence-electron chi connectivity index (χ3n) is 8.79. The van der Waals surface area contributed by atoms with E-state index in [0.29, 0.717) is 5.41 Å². The molecule has 4 saturated carbocycles. The standard InChI is InChI=1S/C28H34N4O/c1-4-26(28-13-18-9-19(14-28)11-20(10-18)15-28)30-27(33)22-12-25(23-16-32(3)31-17(23)2)29-24-8-6-5-7-21(22)24/h5-8,12,16,18-20,26H,4,9-11,13-15H2,1-3H3,(H,30,33)/t18?,19?,20?,26-,28?/m1/s1. The molecule has 4 aliphatic rings. The van der Waals surface area contributed by atoms with Crippen LogP contribution in [0.2, 0.25) is 0 Å². The second-order valence-electron chi connectivity index (χ2n) is 11.1. The van der Waals surface area contributed by atoms with E-state index in [1.165, 1.54) is 38.5 Å². The molecule has 1 aromatic carbocycles. The molecule has 5 heteroatoms. The monoisotopic (exact) mass is 442 g/mol. The maximum Gasteiger partial charge on any atom is 0.252 e. The second kappa shape index (κ2) is 7.68. The Kier molecular flexibility index (Phi) is 4.86. The average molecular weight is 443 g/mol. The Morgan fingerprint density at radius 2 is 1.82 bits per heavy atom. The summed E-state index contributed by atoms with van der Waals surface area (Å²) in [6.07, 6.45) is 11.2. The number of aromatic nitrogens is 3. The highest BCUT2D eigenvalue weighted by molar-refractivity contribution is 6.07. The van der Waals surface area contributed by atoms with Crippen molar-refractivity contribution in [3.05, 3.63) is 47.8 Å². The van der Waals surface area contributed by atoms with Crippen molar-refractivity contribution in [3.8, 4) is 11.3 Å². The summed E-state index contributed by atoms with van der Waals surface area (Å²) in [5.41, 5.74) is 4.59. The first-order chi connectivity index (χ1) is 15.9. The largest absolute Gasteiger partial charge is 0.349 e. The second-order valence-corrected chi connectivity index (χ2v) is 11.1. The fraction of sp³-hybridized carbons (Fsp3) is 0.536. The van der Waals surface area contributed by atoms with Crippen molar-refractivity contribution in [2.75, 3.05) is 0 Å². The zero-order valence-electron chi connectivity index (χ0n) is 20.0. The highest BCUT2D eigenvalue weighted by Crippen LogP contribution is 2.61. The number of aryl methyl sites for hydroxylation is 2. The molecule has 0 spiro atoms. The van der Waals surface area contributed by atoms with E-state index in [1.54, 1.807) is 4.68 Å². The van der Waals surface area contributed by atoms with Crippen LogP contribution in [0.15, 0.2) is 36.5 Å². The zero-order chi connectivity index (χ0) is 22.7. The number of benzene rings is 1. The van der Waals surface area contributed by atoms with Crippen LogP contribution in [0.4, 0.5) is 0 Å². The molecule has 2 aromatic heterocycles. The summed E-state index contributed by atoms with van der Waals surface area (Å²) in [5.74, 6) is 2.68. The van der Waals surface area contributed by atoms with E-state index in [9.17, 15) is 4.79 Å². The van der Waals surface area contributed by atoms with Gasteiger partial charge in [-0.1, -0.05) is 25.1 Å². The summed E-state index contributed by atoms with van der Waals surface area (Å²) in [7, 11) is 1.92. The molecule has 1 amide bonds. The van der Waals surface area contributed by atoms with Gasteiger partial charge in [0.1, 0.15) is 0 Å². The quantitative estimate of drug-likeness (QED) is 0.554. The van der Waals surface area contributed by atoms with Crippen molar-refractivity contribution in [2.45, 2.75) is 64.8 Å². The number of amides is 1. The van der Waals surface area contributed by atoms with Gasteiger partial charge in [0.15, 0.2) is 0 Å². The van der Waals surface area contributed by atoms with Gasteiger partial charge in [0.2, 0.25) is 0 Å². The molecule has 0 aliphatic heterocycles. The molecule has 1 N–H and O–H groups in total. The molecule has 1 atom stereocenters. The van der Waals surface area contributed by atoms with E-state index in [4.69, 9.17) is 4.98 Å². The van der Waals surface area contributed by atoms with Crippen LogP contribution in [0.5, 0.6) is 0 Å². The Bertz CT molecular complexity index is 1190. The van der Waals surface area contributed by atoms with Crippen LogP contribution >= 0.6 is 0 Å². The Hall–Kier alpha value is -2.69. The first-order valence-corrected chi connectivity index (χ1v) is 12.7. The highest BCUT2D eigenvalue weighted by atomic mass is 16.1. The van der Waals surface area contributed by atoms with E-state index in [-0.39, 0.29) is 11.9 Å². The van der Waals surface area contributed by atoms with Crippen LogP contribution in [-0.4, -0.2) is 26.7 Å². The molecule has 172 valence electrons. The number of carbonyl (C=O) groups is 1. The van der Waals surface area contributed by atoms with Gasteiger partial charge in [0.25, 0.3) is 5.91 Å². The molecule has 2 heterocycles. The van der Waals surface area contributed by atoms with E-state index >= 15 is 0 Å². The first-order valence-electron chi connectivity index (χ1n) is 12.7. The minimum atomic E-state index is 0.0407. The van der Waals surface area contributed by atoms with Gasteiger partial charge >= 0.3 is 0 Å². The fourth-order valence-electron chi connectivity index (χ4n) is 7.88. The summed E-state index contributed by atoms with van der Waals surface area (Å²) < 4.78 is 1.81. The normalized spacial score (nSPS) is 28.9. The smallest absolute Gasteiger partial charge is 0.252 e. The van der Waals surface area contributed by atoms with Crippen LogP contribution in [0, 0.1) is 30.1 Å². The van der Waals surface area contributed by atoms with E-state index < -0.39 is 0 Å². The maximum absolute atomic E-state index is 13.8. The SMILES string of the molecule is CC[C@@H](NC(=O)c1cc(-c2cn(C)nc2C)nc2ccccc12)C12CC3CC(CC(C3)C1)C2. The van der Waals surface area contributed by atoms with E-state index in [0.717, 1.165) is 57.6 Å². The Morgan fingerprint density at radius 3 is 2.42 bits per heavy atom. The third-order valence-corrected chi connectivity index (χ3v) is 8.79. The predicted octanol–water partition coefficient (Wildman–Crippen LogP) is 5.67. The van der Waals surface area contributed by atoms with E-state index in [1.807, 2.05) is 50.5 Å². The number of nitrogens with one attached hydrogen (secondary N) is 1. The number of pyridine rings is 1. The van der Waals surface area contributed by atoms with Crippen LogP contribution in [-0.2, 0) is 7.05 Å². The Morgan fingerprint density at radius 1 is 1.15 bits per heavy atom. The Balaban J connectivity index is 1.36. The molecule has 0 unspecified atom stereocenters. The lowest BCUT2D eigenvalue weighted by molar-refractivity contribution is -0.0727. The van der Waals surface area contributed by atoms with Gasteiger partial charge in [-0.05, 0) is 87.2 Å². The topological polar surface area (TPSA) is 59.8 Å². The fourth-order valence-corrected chi connectivity index (χ4v) is 7.88. The van der Waals surface area contributed by atoms with Crippen LogP contribution in [0.3, 0.4) is 0 Å². The molecule has 3 aromatic rings. The first kappa shape index (κ1) is 20.9. The van der Waals surface area contributed by atoms with Crippen LogP contribution in [0.25, 0.3) is 22.2 Å². The summed E-state index contributed by atoms with van der Waals surface area (Å²) in [5, 5.41) is 8.95. The number of fused-ring (bicyclic) bond motifs is 1. The van der Waals surface area contributed by atoms with Crippen molar-refractivity contribution in [2.24, 2.45) is 30.2 Å². The third kappa shape index (κ3) is 3.48. The number of nitrogens with zero attached hydrogens (tertiary/aromatic N) is 3. The van der Waals surface area contributed by atoms with Gasteiger partial charge in [0, 0.05) is 30.2 Å². The minimum Gasteiger partial charge on any atom is -0.349 e. The molecular weight excluding hydrogens is 408 g/mol. The van der Waals surface area contributed by atoms with Crippen LogP contribution in [0.1, 0.15) is 67.9 Å². The summed E-state index contributed by atoms with van der Waals surface area (Å²) in [4.78, 5) is 18.7. The molecule has 7 rings (SSSR count). The number of para-hydroxylation sites is 1. The van der Waals surface area contributed by atoms with Crippen molar-refractivity contribution >= 4 is 16.8 Å². The Labute approximate surface area is 196 Å². The van der Waals surface area contributed by atoms with Gasteiger partial charge in [-0.25, -0.2) is 4.98 Å². The lowest BCUT2D eigenvalue weighted by Gasteiger charge is -2.59. The maximum atomic E-state index is 13.8. The molecule has 4 bridgehead atoms. The van der Waals surface area contributed by atoms with Crippen LogP contribution < -0.4 is 5.32 Å². The summed E-state index contributed by atoms with van der Waals surface area (Å²) in [6, 6.07) is 10.2. The van der Waals surface area contributed by atoms with Gasteiger partial charge in [0.05, 0.1) is 22.5 Å². The average Bonchev–Trinajstić information content (AvgIpc) is 3.13. The number of hydrogen-bond donors (Lipinski definition) is 1. The van der Waals surface area contributed by atoms with Crippen molar-refractivity contribution in [1.82, 2.24) is 20.1 Å². The lowest BCUT2D eigenvalue weighted by Crippen LogP contribution is -2.56. The molecule has 0 saturated heterocycles. The number of hydrogen-bond acceptors (Lipinski definition) is 3. The zero-order valence-corrected chi connectivity index (χ0v) is 20.0. The molecule has 0 radical (unpaired) electrons. The van der Waals surface area contributed by atoms with Crippen molar-refractivity contribution in [3.63, 3.8) is 0 Å². The summed E-state index contributed by atoms with van der Waals surface area (Å²) >= 11 is 0. The molecule has 33 heavy (non-hydrogen) atoms. The molecule has 5 nitrogen and oxygen atoms in total.